The van der Waals surface area contributed by atoms with E-state index in [1.54, 1.807) is 30.4 Å². The second-order valence-corrected chi connectivity index (χ2v) is 8.53. The lowest BCUT2D eigenvalue weighted by molar-refractivity contribution is -0.114. The number of fused-ring (bicyclic) bond motifs is 1. The Bertz CT molecular complexity index is 856. The Balaban J connectivity index is 1.95. The van der Waals surface area contributed by atoms with E-state index in [2.05, 4.69) is 5.32 Å². The highest BCUT2D eigenvalue weighted by molar-refractivity contribution is 7.89. The maximum absolute atomic E-state index is 13.0. The van der Waals surface area contributed by atoms with Gasteiger partial charge in [-0.3, -0.25) is 4.79 Å². The van der Waals surface area contributed by atoms with E-state index in [9.17, 15) is 13.2 Å². The molecule has 1 N–H and O–H groups in total. The molecule has 2 heterocycles. The fraction of sp³-hybridized carbons (Fsp3) is 0.312. The number of benzene rings is 1. The first-order chi connectivity index (χ1) is 10.9. The third kappa shape index (κ3) is 3.17. The summed E-state index contributed by atoms with van der Waals surface area (Å²) in [5.41, 5.74) is 2.26. The highest BCUT2D eigenvalue weighted by atomic mass is 32.2. The lowest BCUT2D eigenvalue weighted by atomic mass is 10.1. The topological polar surface area (TPSA) is 66.5 Å². The molecule has 122 valence electrons. The van der Waals surface area contributed by atoms with Gasteiger partial charge in [0.25, 0.3) is 0 Å². The van der Waals surface area contributed by atoms with Crippen LogP contribution in [0.5, 0.6) is 0 Å². The summed E-state index contributed by atoms with van der Waals surface area (Å²) in [4.78, 5) is 12.7. The summed E-state index contributed by atoms with van der Waals surface area (Å²) in [7, 11) is -3.58. The summed E-state index contributed by atoms with van der Waals surface area (Å²) < 4.78 is 27.5. The maximum Gasteiger partial charge on any atom is 0.243 e. The zero-order chi connectivity index (χ0) is 16.6. The molecule has 0 saturated carbocycles. The van der Waals surface area contributed by atoms with Crippen LogP contribution in [0.2, 0.25) is 0 Å². The minimum absolute atomic E-state index is 0.224. The molecule has 0 aliphatic carbocycles. The highest BCUT2D eigenvalue weighted by Gasteiger charge is 2.30. The van der Waals surface area contributed by atoms with Gasteiger partial charge in [0.1, 0.15) is 0 Å². The first-order valence-corrected chi connectivity index (χ1v) is 9.63. The number of aryl methyl sites for hydroxylation is 1. The van der Waals surface area contributed by atoms with Crippen LogP contribution in [0.3, 0.4) is 0 Å². The van der Waals surface area contributed by atoms with Gasteiger partial charge >= 0.3 is 0 Å². The van der Waals surface area contributed by atoms with Gasteiger partial charge in [-0.1, -0.05) is 6.07 Å². The predicted molar refractivity (Wildman–Crippen MR) is 91.1 cm³/mol. The zero-order valence-corrected chi connectivity index (χ0v) is 14.6. The van der Waals surface area contributed by atoms with Crippen molar-refractivity contribution in [3.8, 4) is 0 Å². The summed E-state index contributed by atoms with van der Waals surface area (Å²) >= 11 is 1.68. The number of hydrogen-bond donors (Lipinski definition) is 1. The van der Waals surface area contributed by atoms with Crippen molar-refractivity contribution < 1.29 is 13.2 Å². The molecule has 1 aromatic heterocycles. The van der Waals surface area contributed by atoms with Crippen molar-refractivity contribution in [1.82, 2.24) is 4.31 Å². The standard InChI is InChI=1S/C16H18N2O3S2/c1-11-3-4-14(17-12(2)19)9-16(11)23(20,21)18-7-5-15-13(10-18)6-8-22-15/h3-4,6,8-9H,5,7,10H2,1-2H3,(H,17,19). The SMILES string of the molecule is CC(=O)Nc1ccc(C)c(S(=O)(=O)N2CCc3sccc3C2)c1. The van der Waals surface area contributed by atoms with Crippen LogP contribution in [0.15, 0.2) is 34.5 Å². The Morgan fingerprint density at radius 3 is 2.83 bits per heavy atom. The quantitative estimate of drug-likeness (QED) is 0.926. The summed E-state index contributed by atoms with van der Waals surface area (Å²) in [5.74, 6) is -0.224. The summed E-state index contributed by atoms with van der Waals surface area (Å²) in [6.45, 7) is 4.06. The second kappa shape index (κ2) is 6.07. The molecule has 0 atom stereocenters. The Kier molecular flexibility index (Phi) is 4.27. The van der Waals surface area contributed by atoms with Gasteiger partial charge in [-0.05, 0) is 48.1 Å². The number of sulfonamides is 1. The first-order valence-electron chi connectivity index (χ1n) is 7.31. The smallest absolute Gasteiger partial charge is 0.243 e. The molecule has 0 bridgehead atoms. The third-order valence-electron chi connectivity index (χ3n) is 3.90. The van der Waals surface area contributed by atoms with Gasteiger partial charge in [0, 0.05) is 30.6 Å². The number of rotatable bonds is 3. The molecule has 0 radical (unpaired) electrons. The molecule has 5 nitrogen and oxygen atoms in total. The van der Waals surface area contributed by atoms with Crippen molar-refractivity contribution in [2.75, 3.05) is 11.9 Å². The van der Waals surface area contributed by atoms with Gasteiger partial charge in [0.2, 0.25) is 15.9 Å². The molecule has 1 aliphatic heterocycles. The number of hydrogen-bond acceptors (Lipinski definition) is 4. The Hall–Kier alpha value is -1.70. The number of thiophene rings is 1. The molecule has 23 heavy (non-hydrogen) atoms. The van der Waals surface area contributed by atoms with Crippen molar-refractivity contribution >= 4 is 33.0 Å². The van der Waals surface area contributed by atoms with Crippen LogP contribution in [0.25, 0.3) is 0 Å². The van der Waals surface area contributed by atoms with Gasteiger partial charge in [-0.25, -0.2) is 8.42 Å². The van der Waals surface area contributed by atoms with E-state index in [1.807, 2.05) is 11.4 Å². The fourth-order valence-corrected chi connectivity index (χ4v) is 5.29. The van der Waals surface area contributed by atoms with Gasteiger partial charge in [0.05, 0.1) is 4.90 Å². The Labute approximate surface area is 140 Å². The van der Waals surface area contributed by atoms with E-state index in [4.69, 9.17) is 0 Å². The monoisotopic (exact) mass is 350 g/mol. The third-order valence-corrected chi connectivity index (χ3v) is 6.91. The molecule has 0 saturated heterocycles. The molecule has 0 fully saturated rings. The lowest BCUT2D eigenvalue weighted by Gasteiger charge is -2.27. The number of nitrogens with one attached hydrogen (secondary N) is 1. The second-order valence-electron chi connectivity index (χ2n) is 5.62. The first kappa shape index (κ1) is 16.2. The summed E-state index contributed by atoms with van der Waals surface area (Å²) in [6, 6.07) is 6.96. The number of nitrogens with zero attached hydrogens (tertiary/aromatic N) is 1. The Morgan fingerprint density at radius 1 is 1.30 bits per heavy atom. The summed E-state index contributed by atoms with van der Waals surface area (Å²) in [5, 5.41) is 4.64. The number of anilines is 1. The summed E-state index contributed by atoms with van der Waals surface area (Å²) in [6.07, 6.45) is 0.747. The molecule has 1 amide bonds. The normalized spacial score (nSPS) is 15.2. The molecular formula is C16H18N2O3S2. The maximum atomic E-state index is 13.0. The van der Waals surface area contributed by atoms with Gasteiger partial charge in [-0.2, -0.15) is 4.31 Å². The molecule has 1 aromatic carbocycles. The van der Waals surface area contributed by atoms with Crippen LogP contribution in [-0.2, 0) is 27.8 Å². The van der Waals surface area contributed by atoms with E-state index in [0.717, 1.165) is 12.0 Å². The van der Waals surface area contributed by atoms with E-state index >= 15 is 0 Å². The lowest BCUT2D eigenvalue weighted by Crippen LogP contribution is -2.35. The minimum atomic E-state index is -3.58. The fourth-order valence-electron chi connectivity index (χ4n) is 2.73. The van der Waals surface area contributed by atoms with Crippen molar-refractivity contribution in [3.05, 3.63) is 45.6 Å². The number of carbonyl (C=O) groups is 1. The van der Waals surface area contributed by atoms with Crippen molar-refractivity contribution in [1.29, 1.82) is 0 Å². The highest BCUT2D eigenvalue weighted by Crippen LogP contribution is 2.30. The minimum Gasteiger partial charge on any atom is -0.326 e. The molecule has 1 aliphatic rings. The Morgan fingerprint density at radius 2 is 2.09 bits per heavy atom. The van der Waals surface area contributed by atoms with Gasteiger partial charge < -0.3 is 5.32 Å². The van der Waals surface area contributed by atoms with Crippen molar-refractivity contribution in [3.63, 3.8) is 0 Å². The van der Waals surface area contributed by atoms with Crippen molar-refractivity contribution in [2.24, 2.45) is 0 Å². The van der Waals surface area contributed by atoms with E-state index in [0.29, 0.717) is 24.3 Å². The average Bonchev–Trinajstić information content (AvgIpc) is 2.96. The number of amides is 1. The molecule has 2 aromatic rings. The van der Waals surface area contributed by atoms with Crippen LogP contribution < -0.4 is 5.32 Å². The molecular weight excluding hydrogens is 332 g/mol. The zero-order valence-electron chi connectivity index (χ0n) is 13.0. The number of carbonyl (C=O) groups excluding carboxylic acids is 1. The van der Waals surface area contributed by atoms with Gasteiger partial charge in [-0.15, -0.1) is 11.3 Å². The molecule has 3 rings (SSSR count). The molecule has 0 unspecified atom stereocenters. The van der Waals surface area contributed by atoms with Crippen molar-refractivity contribution in [2.45, 2.75) is 31.7 Å². The van der Waals surface area contributed by atoms with Crippen LogP contribution in [-0.4, -0.2) is 25.2 Å². The van der Waals surface area contributed by atoms with Crippen LogP contribution in [0.1, 0.15) is 22.9 Å². The van der Waals surface area contributed by atoms with Crippen LogP contribution in [0.4, 0.5) is 5.69 Å². The van der Waals surface area contributed by atoms with Crippen LogP contribution >= 0.6 is 11.3 Å². The average molecular weight is 350 g/mol. The van der Waals surface area contributed by atoms with E-state index in [-0.39, 0.29) is 10.8 Å². The molecule has 0 spiro atoms. The molecule has 7 heteroatoms. The van der Waals surface area contributed by atoms with E-state index in [1.165, 1.54) is 22.2 Å². The largest absolute Gasteiger partial charge is 0.326 e. The predicted octanol–water partition coefficient (Wildman–Crippen LogP) is 2.76. The van der Waals surface area contributed by atoms with Gasteiger partial charge in [0.15, 0.2) is 0 Å². The van der Waals surface area contributed by atoms with Crippen LogP contribution in [0, 0.1) is 6.92 Å². The van der Waals surface area contributed by atoms with E-state index < -0.39 is 10.0 Å².